The van der Waals surface area contributed by atoms with E-state index in [0.717, 1.165) is 18.4 Å². The highest BCUT2D eigenvalue weighted by Crippen LogP contribution is 2.56. The van der Waals surface area contributed by atoms with Crippen LogP contribution in [0.5, 0.6) is 0 Å². The van der Waals surface area contributed by atoms with E-state index in [-0.39, 0.29) is 18.3 Å². The van der Waals surface area contributed by atoms with Crippen LogP contribution in [0.15, 0.2) is 42.0 Å². The quantitative estimate of drug-likeness (QED) is 0.273. The Morgan fingerprint density at radius 2 is 1.66 bits per heavy atom. The van der Waals surface area contributed by atoms with Crippen molar-refractivity contribution in [1.29, 1.82) is 0 Å². The maximum Gasteiger partial charge on any atom is 0.201 e. The lowest BCUT2D eigenvalue weighted by atomic mass is 9.57. The van der Waals surface area contributed by atoms with E-state index in [1.165, 1.54) is 5.57 Å². The minimum absolute atomic E-state index is 0.121. The van der Waals surface area contributed by atoms with Crippen LogP contribution in [0.1, 0.15) is 73.8 Å². The Morgan fingerprint density at radius 3 is 2.19 bits per heavy atom. The number of benzene rings is 1. The maximum absolute atomic E-state index is 13.7. The van der Waals surface area contributed by atoms with Crippen molar-refractivity contribution >= 4 is 14.1 Å². The lowest BCUT2D eigenvalue weighted by molar-refractivity contribution is -0.143. The van der Waals surface area contributed by atoms with Crippen molar-refractivity contribution in [2.24, 2.45) is 17.8 Å². The summed E-state index contributed by atoms with van der Waals surface area (Å²) in [6.45, 7) is 19.1. The molecule has 0 heterocycles. The fourth-order valence-electron chi connectivity index (χ4n) is 7.10. The first-order valence-electron chi connectivity index (χ1n) is 12.6. The van der Waals surface area contributed by atoms with Gasteiger partial charge in [-0.05, 0) is 53.8 Å². The van der Waals surface area contributed by atoms with Crippen LogP contribution in [0, 0.1) is 17.8 Å². The maximum atomic E-state index is 13.7. The molecule has 0 amide bonds. The van der Waals surface area contributed by atoms with Crippen LogP contribution in [-0.4, -0.2) is 26.3 Å². The second-order valence-electron chi connectivity index (χ2n) is 11.2. The number of Topliss-reactive ketones (excluding diaryl/α,β-unsaturated/α-hetero) is 1. The van der Waals surface area contributed by atoms with Gasteiger partial charge in [-0.3, -0.25) is 4.79 Å². The third-order valence-electron chi connectivity index (χ3n) is 8.37. The molecule has 1 fully saturated rings. The predicted molar refractivity (Wildman–Crippen MR) is 135 cm³/mol. The Kier molecular flexibility index (Phi) is 7.89. The number of carbonyl (C=O) groups is 1. The SMILES string of the molecule is CC1=C[C@@]2(O[Si](C(C)C)(C(C)C)C(C)C)CC[C@@H]1[C@@H](C)[C@@H]2C(=O)COCc1ccccc1. The Hall–Kier alpha value is -1.23. The third kappa shape index (κ3) is 4.56. The van der Waals surface area contributed by atoms with Crippen molar-refractivity contribution < 1.29 is 14.0 Å². The molecule has 4 atom stereocenters. The third-order valence-corrected chi connectivity index (χ3v) is 14.5. The van der Waals surface area contributed by atoms with Gasteiger partial charge in [-0.15, -0.1) is 0 Å². The summed E-state index contributed by atoms with van der Waals surface area (Å²) in [6, 6.07) is 10.1. The van der Waals surface area contributed by atoms with Gasteiger partial charge in [0, 0.05) is 0 Å². The van der Waals surface area contributed by atoms with Crippen molar-refractivity contribution in [3.63, 3.8) is 0 Å². The average molecular weight is 457 g/mol. The molecular formula is C28H44O3Si. The van der Waals surface area contributed by atoms with Crippen molar-refractivity contribution in [2.75, 3.05) is 6.61 Å². The number of hydrogen-bond donors (Lipinski definition) is 0. The number of fused-ring (bicyclic) bond motifs is 2. The first-order chi connectivity index (χ1) is 15.0. The zero-order chi connectivity index (χ0) is 23.7. The van der Waals surface area contributed by atoms with Crippen molar-refractivity contribution in [1.82, 2.24) is 0 Å². The van der Waals surface area contributed by atoms with Crippen LogP contribution in [0.4, 0.5) is 0 Å². The van der Waals surface area contributed by atoms with Crippen molar-refractivity contribution in [3.8, 4) is 0 Å². The molecule has 3 aliphatic rings. The lowest BCUT2D eigenvalue weighted by Crippen LogP contribution is -2.63. The largest absolute Gasteiger partial charge is 0.406 e. The van der Waals surface area contributed by atoms with Gasteiger partial charge in [0.1, 0.15) is 6.61 Å². The fourth-order valence-corrected chi connectivity index (χ4v) is 12.8. The molecule has 32 heavy (non-hydrogen) atoms. The predicted octanol–water partition coefficient (Wildman–Crippen LogP) is 7.33. The van der Waals surface area contributed by atoms with Gasteiger partial charge in [-0.25, -0.2) is 0 Å². The molecule has 178 valence electrons. The van der Waals surface area contributed by atoms with Crippen LogP contribution in [0.3, 0.4) is 0 Å². The van der Waals surface area contributed by atoms with Gasteiger partial charge in [0.05, 0.1) is 18.1 Å². The van der Waals surface area contributed by atoms with Crippen molar-refractivity contribution in [3.05, 3.63) is 47.5 Å². The van der Waals surface area contributed by atoms with Gasteiger partial charge in [0.2, 0.25) is 8.32 Å². The lowest BCUT2D eigenvalue weighted by Gasteiger charge is -2.58. The number of carbonyl (C=O) groups excluding carboxylic acids is 1. The molecule has 4 heteroatoms. The van der Waals surface area contributed by atoms with Crippen LogP contribution >= 0.6 is 0 Å². The smallest absolute Gasteiger partial charge is 0.201 e. The molecule has 0 saturated heterocycles. The molecule has 2 bridgehead atoms. The minimum atomic E-state index is -2.15. The molecule has 0 spiro atoms. The summed E-state index contributed by atoms with van der Waals surface area (Å²) >= 11 is 0. The van der Waals surface area contributed by atoms with E-state index in [0.29, 0.717) is 35.1 Å². The molecule has 3 nitrogen and oxygen atoms in total. The number of hydrogen-bond acceptors (Lipinski definition) is 3. The molecule has 1 saturated carbocycles. The highest BCUT2D eigenvalue weighted by Gasteiger charge is 2.59. The van der Waals surface area contributed by atoms with E-state index in [9.17, 15) is 4.79 Å². The zero-order valence-electron chi connectivity index (χ0n) is 21.5. The first kappa shape index (κ1) is 25.4. The highest BCUT2D eigenvalue weighted by molar-refractivity contribution is 6.77. The zero-order valence-corrected chi connectivity index (χ0v) is 22.5. The Bertz CT molecular complexity index is 791. The minimum Gasteiger partial charge on any atom is -0.406 e. The summed E-state index contributed by atoms with van der Waals surface area (Å²) in [5, 5.41) is 0. The number of allylic oxidation sites excluding steroid dienone is 1. The fraction of sp³-hybridized carbons (Fsp3) is 0.679. The molecule has 0 aromatic heterocycles. The first-order valence-corrected chi connectivity index (χ1v) is 14.7. The van der Waals surface area contributed by atoms with E-state index in [4.69, 9.17) is 9.16 Å². The molecule has 0 unspecified atom stereocenters. The monoisotopic (exact) mass is 456 g/mol. The summed E-state index contributed by atoms with van der Waals surface area (Å²) in [4.78, 5) is 13.7. The molecule has 4 rings (SSSR count). The van der Waals surface area contributed by atoms with Crippen LogP contribution < -0.4 is 0 Å². The molecule has 0 N–H and O–H groups in total. The molecule has 1 aromatic rings. The average Bonchev–Trinajstić information content (AvgIpc) is 2.72. The second kappa shape index (κ2) is 9.95. The highest BCUT2D eigenvalue weighted by atomic mass is 28.4. The summed E-state index contributed by atoms with van der Waals surface area (Å²) in [7, 11) is -2.15. The van der Waals surface area contributed by atoms with Gasteiger partial charge < -0.3 is 9.16 Å². The van der Waals surface area contributed by atoms with E-state index in [1.807, 2.05) is 30.3 Å². The van der Waals surface area contributed by atoms with Gasteiger partial charge in [-0.1, -0.05) is 90.4 Å². The van der Waals surface area contributed by atoms with E-state index >= 15 is 0 Å². The van der Waals surface area contributed by atoms with E-state index in [2.05, 4.69) is 61.5 Å². The van der Waals surface area contributed by atoms with E-state index < -0.39 is 13.9 Å². The van der Waals surface area contributed by atoms with Gasteiger partial charge >= 0.3 is 0 Å². The van der Waals surface area contributed by atoms with E-state index in [1.54, 1.807) is 0 Å². The normalized spacial score (nSPS) is 28.0. The molecule has 1 aromatic carbocycles. The topological polar surface area (TPSA) is 35.5 Å². The number of rotatable bonds is 10. The number of ether oxygens (including phenoxy) is 1. The standard InChI is InChI=1S/C28H44O3Si/c1-19(2)32(20(3)4,21(5)6)31-28-15-14-25(22(7)16-28)23(8)27(28)26(29)18-30-17-24-12-10-9-11-13-24/h9-13,16,19-21,23,25,27H,14-15,17-18H2,1-8H3/t23-,25+,27-,28+/m1/s1. The summed E-state index contributed by atoms with van der Waals surface area (Å²) < 4.78 is 13.4. The Morgan fingerprint density at radius 1 is 1.06 bits per heavy atom. The molecule has 0 aliphatic heterocycles. The summed E-state index contributed by atoms with van der Waals surface area (Å²) in [5.74, 6) is 0.862. The van der Waals surface area contributed by atoms with Gasteiger partial charge in [-0.2, -0.15) is 0 Å². The van der Waals surface area contributed by atoms with Gasteiger partial charge in [0.15, 0.2) is 5.78 Å². The number of ketones is 1. The molecular weight excluding hydrogens is 412 g/mol. The van der Waals surface area contributed by atoms with Crippen LogP contribution in [0.2, 0.25) is 16.6 Å². The Labute approximate surface area is 197 Å². The Balaban J connectivity index is 1.89. The summed E-state index contributed by atoms with van der Waals surface area (Å²) in [6.07, 6.45) is 4.43. The molecule has 0 radical (unpaired) electrons. The summed E-state index contributed by atoms with van der Waals surface area (Å²) in [5.41, 5.74) is 3.52. The molecule has 3 aliphatic carbocycles. The van der Waals surface area contributed by atoms with Gasteiger partial charge in [0.25, 0.3) is 0 Å². The van der Waals surface area contributed by atoms with Crippen molar-refractivity contribution in [2.45, 2.75) is 97.1 Å². The van der Waals surface area contributed by atoms with Crippen LogP contribution in [0.25, 0.3) is 0 Å². The second-order valence-corrected chi connectivity index (χ2v) is 16.6. The van der Waals surface area contributed by atoms with Crippen LogP contribution in [-0.2, 0) is 20.6 Å².